The Hall–Kier alpha value is 1.95. The first-order valence-corrected chi connectivity index (χ1v) is 9.20. The van der Waals surface area contributed by atoms with E-state index in [1.807, 2.05) is 0 Å². The molecular formula is HCl3IrP. The van der Waals surface area contributed by atoms with Gasteiger partial charge in [-0.15, -0.1) is 0 Å². The van der Waals surface area contributed by atoms with Crippen molar-refractivity contribution < 1.29 is 18.4 Å². The second-order valence-corrected chi connectivity index (χ2v) is 19.7. The summed E-state index contributed by atoms with van der Waals surface area (Å²) in [6.45, 7) is 0. The first-order chi connectivity index (χ1) is 2.00. The molecule has 0 fully saturated rings. The van der Waals surface area contributed by atoms with Gasteiger partial charge in [0, 0.05) is 0 Å². The van der Waals surface area contributed by atoms with Crippen LogP contribution >= 0.6 is 37.3 Å². The SMILES string of the molecule is Cl[PH](Cl)(Cl)[Ir]. The van der Waals surface area contributed by atoms with Crippen molar-refractivity contribution in [3.8, 4) is 0 Å². The van der Waals surface area contributed by atoms with Crippen LogP contribution in [0.2, 0.25) is 0 Å². The van der Waals surface area contributed by atoms with Crippen LogP contribution < -0.4 is 0 Å². The van der Waals surface area contributed by atoms with Crippen molar-refractivity contribution in [2.24, 2.45) is 0 Å². The molecule has 0 aromatic rings. The normalized spacial score (nSPS) is 15.4. The monoisotopic (exact) mass is 330 g/mol. The molecule has 0 amide bonds. The molecule has 0 unspecified atom stereocenters. The Morgan fingerprint density at radius 1 is 1.20 bits per heavy atom. The Morgan fingerprint density at radius 3 is 1.20 bits per heavy atom. The summed E-state index contributed by atoms with van der Waals surface area (Å²) in [5.74, 6) is 0. The van der Waals surface area contributed by atoms with E-state index in [9.17, 15) is 0 Å². The van der Waals surface area contributed by atoms with Crippen molar-refractivity contribution in [3.05, 3.63) is 0 Å². The molecule has 36 valence electrons. The summed E-state index contributed by atoms with van der Waals surface area (Å²) in [5, 5.41) is 0. The van der Waals surface area contributed by atoms with Crippen LogP contribution in [-0.2, 0) is 18.4 Å². The molecular weight excluding hydrogens is 330 g/mol. The molecule has 5 heteroatoms. The first-order valence-electron chi connectivity index (χ1n) is 0.734. The Morgan fingerprint density at radius 2 is 1.20 bits per heavy atom. The predicted octanol–water partition coefficient (Wildman–Crippen LogP) is 2.66. The summed E-state index contributed by atoms with van der Waals surface area (Å²) in [6, 6.07) is 0. The molecule has 0 nitrogen and oxygen atoms in total. The predicted molar refractivity (Wildman–Crippen MR) is 25.9 cm³/mol. The topological polar surface area (TPSA) is 0 Å². The van der Waals surface area contributed by atoms with E-state index < -0.39 is 3.56 Å². The molecule has 0 atom stereocenters. The van der Waals surface area contributed by atoms with E-state index >= 15 is 0 Å². The zero-order chi connectivity index (χ0) is 4.50. The molecule has 0 rings (SSSR count). The standard InChI is InChI=1S/Cl3P.Ir/c1-4(2)3;/q;-1/p+1. The number of rotatable bonds is 0. The van der Waals surface area contributed by atoms with Gasteiger partial charge in [0.25, 0.3) is 0 Å². The summed E-state index contributed by atoms with van der Waals surface area (Å²) in [6.07, 6.45) is 0. The summed E-state index contributed by atoms with van der Waals surface area (Å²) < 4.78 is -2.19. The second-order valence-electron chi connectivity index (χ2n) is 0.403. The van der Waals surface area contributed by atoms with Crippen molar-refractivity contribution in [2.75, 3.05) is 0 Å². The Kier molecular flexibility index (Phi) is 3.21. The fourth-order valence-electron chi connectivity index (χ4n) is 0. The van der Waals surface area contributed by atoms with Crippen LogP contribution in [0.4, 0.5) is 0 Å². The van der Waals surface area contributed by atoms with E-state index in [1.165, 1.54) is 0 Å². The molecule has 0 aromatic carbocycles. The summed E-state index contributed by atoms with van der Waals surface area (Å²) in [7, 11) is 0. The molecule has 0 heterocycles. The van der Waals surface area contributed by atoms with Crippen molar-refractivity contribution >= 4 is 37.3 Å². The third-order valence-electron chi connectivity index (χ3n) is 0. The molecule has 0 N–H and O–H groups in total. The van der Waals surface area contributed by atoms with Crippen LogP contribution in [0.25, 0.3) is 0 Å². The third kappa shape index (κ3) is 24.4. The minimum atomic E-state index is -2.19. The fourth-order valence-corrected chi connectivity index (χ4v) is 0. The summed E-state index contributed by atoms with van der Waals surface area (Å²) >= 11 is 17.2. The van der Waals surface area contributed by atoms with Crippen molar-refractivity contribution in [1.82, 2.24) is 0 Å². The zero-order valence-electron chi connectivity index (χ0n) is 1.97. The van der Waals surface area contributed by atoms with E-state index in [0.717, 1.165) is 0 Å². The van der Waals surface area contributed by atoms with Gasteiger partial charge in [0.05, 0.1) is 0 Å². The van der Waals surface area contributed by atoms with Crippen molar-refractivity contribution in [2.45, 2.75) is 0 Å². The Balaban J connectivity index is 3.02. The van der Waals surface area contributed by atoms with Gasteiger partial charge in [0.1, 0.15) is 0 Å². The van der Waals surface area contributed by atoms with Gasteiger partial charge < -0.3 is 0 Å². The minimum absolute atomic E-state index is 1.62. The van der Waals surface area contributed by atoms with Crippen LogP contribution in [0.15, 0.2) is 0 Å². The van der Waals surface area contributed by atoms with Gasteiger partial charge in [-0.25, -0.2) is 0 Å². The maximum atomic E-state index is 5.20. The zero-order valence-corrected chi connectivity index (χ0v) is 7.63. The van der Waals surface area contributed by atoms with E-state index in [0.29, 0.717) is 0 Å². The molecule has 0 saturated heterocycles. The molecule has 0 radical (unpaired) electrons. The van der Waals surface area contributed by atoms with E-state index in [2.05, 4.69) is 0 Å². The van der Waals surface area contributed by atoms with E-state index in [-0.39, 0.29) is 0 Å². The van der Waals surface area contributed by atoms with Crippen LogP contribution in [0.1, 0.15) is 0 Å². The number of hydrogen-bond acceptors (Lipinski definition) is 0. The number of hydrogen-bond donors (Lipinski definition) is 0. The Labute approximate surface area is 55.5 Å². The molecule has 0 aromatic heterocycles. The average molecular weight is 331 g/mol. The van der Waals surface area contributed by atoms with Gasteiger partial charge in [-0.1, -0.05) is 0 Å². The van der Waals surface area contributed by atoms with E-state index in [4.69, 9.17) is 33.7 Å². The van der Waals surface area contributed by atoms with Gasteiger partial charge in [-0.3, -0.25) is 0 Å². The molecule has 0 aliphatic carbocycles. The van der Waals surface area contributed by atoms with Crippen molar-refractivity contribution in [1.29, 1.82) is 0 Å². The van der Waals surface area contributed by atoms with Crippen LogP contribution in [0, 0.1) is 0 Å². The molecule has 0 spiro atoms. The molecule has 0 aliphatic heterocycles. The van der Waals surface area contributed by atoms with Crippen LogP contribution in [0.3, 0.4) is 0 Å². The molecule has 5 heavy (non-hydrogen) atoms. The van der Waals surface area contributed by atoms with Gasteiger partial charge in [-0.2, -0.15) is 0 Å². The summed E-state index contributed by atoms with van der Waals surface area (Å²) in [5.41, 5.74) is 0. The molecule has 0 aliphatic rings. The second kappa shape index (κ2) is 2.31. The average Bonchev–Trinajstić information content (AvgIpc) is 0.722. The quantitative estimate of drug-likeness (QED) is 0.599. The van der Waals surface area contributed by atoms with Crippen molar-refractivity contribution in [3.63, 3.8) is 0 Å². The van der Waals surface area contributed by atoms with Gasteiger partial charge in [0.2, 0.25) is 0 Å². The third-order valence-corrected chi connectivity index (χ3v) is 0. The molecule has 0 saturated carbocycles. The van der Waals surface area contributed by atoms with Crippen LogP contribution in [-0.4, -0.2) is 0 Å². The molecule has 0 bridgehead atoms. The Bertz CT molecular complexity index is 22.4. The van der Waals surface area contributed by atoms with Crippen LogP contribution in [0.5, 0.6) is 0 Å². The fraction of sp³-hybridized carbons (Fsp3) is 0. The summed E-state index contributed by atoms with van der Waals surface area (Å²) in [4.78, 5) is 0. The van der Waals surface area contributed by atoms with Gasteiger partial charge in [-0.05, 0) is 0 Å². The maximum absolute atomic E-state index is 5.20. The van der Waals surface area contributed by atoms with E-state index in [1.54, 1.807) is 18.4 Å². The van der Waals surface area contributed by atoms with Gasteiger partial charge in [0.15, 0.2) is 0 Å². The number of halogens is 3. The first kappa shape index (κ1) is 6.95. The van der Waals surface area contributed by atoms with Gasteiger partial charge >= 0.3 is 55.7 Å².